The minimum atomic E-state index is 0.735. The van der Waals surface area contributed by atoms with Crippen LogP contribution in [0.5, 0.6) is 0 Å². The van der Waals surface area contributed by atoms with E-state index < -0.39 is 0 Å². The number of nitrogens with zero attached hydrogens (tertiary/aromatic N) is 1. The predicted molar refractivity (Wildman–Crippen MR) is 66.0 cm³/mol. The second-order valence-electron chi connectivity index (χ2n) is 4.04. The van der Waals surface area contributed by atoms with Crippen LogP contribution in [-0.2, 0) is 0 Å². The van der Waals surface area contributed by atoms with E-state index in [2.05, 4.69) is 38.4 Å². The molecule has 0 bridgehead atoms. The van der Waals surface area contributed by atoms with Gasteiger partial charge in [-0.1, -0.05) is 24.6 Å². The molecule has 0 aromatic rings. The molecule has 0 heterocycles. The van der Waals surface area contributed by atoms with Gasteiger partial charge in [0.25, 0.3) is 0 Å². The number of hydrogen-bond donors (Lipinski definition) is 0. The van der Waals surface area contributed by atoms with Crippen molar-refractivity contribution < 1.29 is 0 Å². The molecule has 1 unspecified atom stereocenters. The van der Waals surface area contributed by atoms with Gasteiger partial charge < -0.3 is 0 Å². The zero-order valence-electron chi connectivity index (χ0n) is 9.79. The van der Waals surface area contributed by atoms with Crippen molar-refractivity contribution in [2.45, 2.75) is 40.0 Å². The van der Waals surface area contributed by atoms with Crippen molar-refractivity contribution in [1.29, 1.82) is 0 Å². The summed E-state index contributed by atoms with van der Waals surface area (Å²) in [6, 6.07) is 0. The third-order valence-electron chi connectivity index (χ3n) is 2.08. The summed E-state index contributed by atoms with van der Waals surface area (Å²) in [6.45, 7) is 11.0. The molecule has 0 saturated heterocycles. The van der Waals surface area contributed by atoms with Crippen molar-refractivity contribution in [2.75, 3.05) is 6.54 Å². The largest absolute Gasteiger partial charge is 0.293 e. The van der Waals surface area contributed by atoms with Crippen LogP contribution in [-0.4, -0.2) is 12.8 Å². The summed E-state index contributed by atoms with van der Waals surface area (Å²) in [6.07, 6.45) is 9.69. The lowest BCUT2D eigenvalue weighted by Gasteiger charge is -2.05. The molecule has 0 amide bonds. The number of allylic oxidation sites excluding steroid dienone is 2. The van der Waals surface area contributed by atoms with Crippen molar-refractivity contribution in [3.8, 4) is 0 Å². The van der Waals surface area contributed by atoms with E-state index in [1.54, 1.807) is 0 Å². The molecule has 0 N–H and O–H groups in total. The molecule has 0 saturated carbocycles. The highest BCUT2D eigenvalue weighted by molar-refractivity contribution is 5.57. The van der Waals surface area contributed by atoms with Crippen LogP contribution in [0.15, 0.2) is 29.3 Å². The Morgan fingerprint density at radius 3 is 2.71 bits per heavy atom. The Morgan fingerprint density at radius 2 is 2.14 bits per heavy atom. The lowest BCUT2D eigenvalue weighted by Crippen LogP contribution is -1.95. The molecule has 14 heavy (non-hydrogen) atoms. The maximum atomic E-state index is 4.21. The maximum Gasteiger partial charge on any atom is 0.0563 e. The molecule has 0 fully saturated rings. The Kier molecular flexibility index (Phi) is 8.20. The molecular weight excluding hydrogens is 170 g/mol. The quantitative estimate of drug-likeness (QED) is 0.428. The van der Waals surface area contributed by atoms with Crippen LogP contribution >= 0.6 is 0 Å². The summed E-state index contributed by atoms with van der Waals surface area (Å²) < 4.78 is 0. The fourth-order valence-electron chi connectivity index (χ4n) is 1.18. The maximum absolute atomic E-state index is 4.21. The highest BCUT2D eigenvalue weighted by Crippen LogP contribution is 2.10. The summed E-state index contributed by atoms with van der Waals surface area (Å²) in [5.41, 5.74) is 1.41. The first kappa shape index (κ1) is 13.2. The second kappa shape index (κ2) is 8.74. The average Bonchev–Trinajstić information content (AvgIpc) is 2.12. The van der Waals surface area contributed by atoms with Gasteiger partial charge in [-0.15, -0.1) is 6.58 Å². The lowest BCUT2D eigenvalue weighted by atomic mass is 10.0. The normalized spacial score (nSPS) is 12.8. The Hall–Kier alpha value is -0.850. The fraction of sp³-hybridized carbons (Fsp3) is 0.615. The first-order valence-corrected chi connectivity index (χ1v) is 5.39. The predicted octanol–water partition coefficient (Wildman–Crippen LogP) is 4.02. The van der Waals surface area contributed by atoms with E-state index in [-0.39, 0.29) is 0 Å². The van der Waals surface area contributed by atoms with Gasteiger partial charge in [0.1, 0.15) is 0 Å². The fourth-order valence-corrected chi connectivity index (χ4v) is 1.18. The van der Waals surface area contributed by atoms with Gasteiger partial charge in [0.15, 0.2) is 0 Å². The van der Waals surface area contributed by atoms with Gasteiger partial charge in [-0.05, 0) is 45.2 Å². The van der Waals surface area contributed by atoms with Gasteiger partial charge in [0.2, 0.25) is 0 Å². The van der Waals surface area contributed by atoms with Gasteiger partial charge in [0, 0.05) is 0 Å². The number of aliphatic imine (C=N–C) groups is 1. The van der Waals surface area contributed by atoms with Gasteiger partial charge in [-0.2, -0.15) is 0 Å². The number of hydrogen-bond acceptors (Lipinski definition) is 1. The van der Waals surface area contributed by atoms with Crippen molar-refractivity contribution in [1.82, 2.24) is 0 Å². The summed E-state index contributed by atoms with van der Waals surface area (Å²) >= 11 is 0. The standard InChI is InChI=1S/C13H23N/c1-5-10-14-11-9-13(4)8-6-7-12(2)3/h5,7,11,13H,1,6,8-10H2,2-4H3. The minimum Gasteiger partial charge on any atom is -0.293 e. The topological polar surface area (TPSA) is 12.4 Å². The Balaban J connectivity index is 3.50. The van der Waals surface area contributed by atoms with E-state index in [0.29, 0.717) is 0 Å². The summed E-state index contributed by atoms with van der Waals surface area (Å²) in [5, 5.41) is 0. The van der Waals surface area contributed by atoms with Crippen LogP contribution in [0.3, 0.4) is 0 Å². The van der Waals surface area contributed by atoms with Crippen LogP contribution in [0.2, 0.25) is 0 Å². The van der Waals surface area contributed by atoms with Gasteiger partial charge in [-0.25, -0.2) is 0 Å². The molecule has 1 nitrogen and oxygen atoms in total. The van der Waals surface area contributed by atoms with Gasteiger partial charge in [0.05, 0.1) is 6.54 Å². The molecule has 0 radical (unpaired) electrons. The van der Waals surface area contributed by atoms with Crippen LogP contribution in [0, 0.1) is 5.92 Å². The molecule has 1 heteroatoms. The highest BCUT2D eigenvalue weighted by Gasteiger charge is 1.97. The second-order valence-corrected chi connectivity index (χ2v) is 4.04. The van der Waals surface area contributed by atoms with E-state index in [1.165, 1.54) is 18.4 Å². The minimum absolute atomic E-state index is 0.735. The number of rotatable bonds is 7. The van der Waals surface area contributed by atoms with E-state index in [9.17, 15) is 0 Å². The Bertz CT molecular complexity index is 197. The molecule has 0 aliphatic carbocycles. The van der Waals surface area contributed by atoms with Crippen molar-refractivity contribution in [3.05, 3.63) is 24.3 Å². The van der Waals surface area contributed by atoms with Crippen LogP contribution in [0.4, 0.5) is 0 Å². The molecule has 0 aliphatic rings. The molecule has 0 aromatic carbocycles. The molecule has 0 spiro atoms. The Labute approximate surface area is 88.6 Å². The van der Waals surface area contributed by atoms with Crippen molar-refractivity contribution in [2.24, 2.45) is 10.9 Å². The zero-order valence-corrected chi connectivity index (χ0v) is 9.79. The molecular formula is C13H23N. The van der Waals surface area contributed by atoms with Gasteiger partial charge in [-0.3, -0.25) is 4.99 Å². The van der Waals surface area contributed by atoms with Gasteiger partial charge >= 0.3 is 0 Å². The summed E-state index contributed by atoms with van der Waals surface area (Å²) in [5.74, 6) is 0.735. The van der Waals surface area contributed by atoms with Crippen molar-refractivity contribution in [3.63, 3.8) is 0 Å². The monoisotopic (exact) mass is 193 g/mol. The first-order chi connectivity index (χ1) is 6.66. The van der Waals surface area contributed by atoms with E-state index in [4.69, 9.17) is 0 Å². The smallest absolute Gasteiger partial charge is 0.0563 e. The molecule has 0 aromatic heterocycles. The first-order valence-electron chi connectivity index (χ1n) is 5.39. The molecule has 1 atom stereocenters. The van der Waals surface area contributed by atoms with E-state index >= 15 is 0 Å². The Morgan fingerprint density at radius 1 is 1.43 bits per heavy atom. The van der Waals surface area contributed by atoms with E-state index in [1.807, 2.05) is 12.3 Å². The van der Waals surface area contributed by atoms with Crippen LogP contribution < -0.4 is 0 Å². The SMILES string of the molecule is C=CCN=CCC(C)CCC=C(C)C. The van der Waals surface area contributed by atoms with Crippen molar-refractivity contribution >= 4 is 6.21 Å². The van der Waals surface area contributed by atoms with Crippen LogP contribution in [0.25, 0.3) is 0 Å². The highest BCUT2D eigenvalue weighted by atomic mass is 14.7. The average molecular weight is 193 g/mol. The zero-order chi connectivity index (χ0) is 10.8. The molecule has 0 rings (SSSR count). The summed E-state index contributed by atoms with van der Waals surface area (Å²) in [4.78, 5) is 4.21. The lowest BCUT2D eigenvalue weighted by molar-refractivity contribution is 0.563. The summed E-state index contributed by atoms with van der Waals surface area (Å²) in [7, 11) is 0. The van der Waals surface area contributed by atoms with E-state index in [0.717, 1.165) is 18.9 Å². The third kappa shape index (κ3) is 9.24. The molecule has 0 aliphatic heterocycles. The van der Waals surface area contributed by atoms with Crippen LogP contribution in [0.1, 0.15) is 40.0 Å². The molecule has 80 valence electrons. The third-order valence-corrected chi connectivity index (χ3v) is 2.08.